The number of amides is 1. The topological polar surface area (TPSA) is 70.6 Å². The second-order valence-electron chi connectivity index (χ2n) is 6.30. The van der Waals surface area contributed by atoms with Crippen LogP contribution in [-0.2, 0) is 21.2 Å². The Bertz CT molecular complexity index is 962. The fourth-order valence-electron chi connectivity index (χ4n) is 2.88. The van der Waals surface area contributed by atoms with Crippen molar-refractivity contribution in [2.75, 3.05) is 25.5 Å². The number of fused-ring (bicyclic) bond motifs is 1. The molecule has 138 valence electrons. The van der Waals surface area contributed by atoms with E-state index in [4.69, 9.17) is 0 Å². The molecule has 2 heterocycles. The molecule has 1 amide bonds. The van der Waals surface area contributed by atoms with E-state index in [-0.39, 0.29) is 10.8 Å². The van der Waals surface area contributed by atoms with Crippen molar-refractivity contribution in [2.24, 2.45) is 0 Å². The molecule has 0 saturated carbocycles. The maximum absolute atomic E-state index is 12.6. The van der Waals surface area contributed by atoms with E-state index >= 15 is 0 Å². The van der Waals surface area contributed by atoms with Gasteiger partial charge in [0.15, 0.2) is 0 Å². The number of rotatable bonds is 4. The second-order valence-corrected chi connectivity index (χ2v) is 9.51. The maximum Gasteiger partial charge on any atom is 0.251 e. The van der Waals surface area contributed by atoms with Gasteiger partial charge in [-0.05, 0) is 49.6 Å². The highest BCUT2D eigenvalue weighted by atomic mass is 32.2. The number of thiazole rings is 1. The van der Waals surface area contributed by atoms with E-state index in [1.54, 1.807) is 29.2 Å². The number of benzene rings is 1. The third kappa shape index (κ3) is 3.72. The van der Waals surface area contributed by atoms with Gasteiger partial charge in [0.1, 0.15) is 0 Å². The molecule has 0 spiro atoms. The lowest BCUT2D eigenvalue weighted by atomic mass is 10.0. The van der Waals surface area contributed by atoms with Crippen molar-refractivity contribution in [1.29, 1.82) is 0 Å². The van der Waals surface area contributed by atoms with E-state index in [1.165, 1.54) is 35.8 Å². The lowest BCUT2D eigenvalue weighted by molar-refractivity contribution is -0.114. The Labute approximate surface area is 157 Å². The van der Waals surface area contributed by atoms with Gasteiger partial charge < -0.3 is 4.90 Å². The molecule has 0 N–H and O–H groups in total. The van der Waals surface area contributed by atoms with E-state index in [1.807, 2.05) is 12.3 Å². The van der Waals surface area contributed by atoms with Crippen LogP contribution in [0.5, 0.6) is 0 Å². The summed E-state index contributed by atoms with van der Waals surface area (Å²) >= 11 is 1.54. The van der Waals surface area contributed by atoms with E-state index in [0.29, 0.717) is 6.54 Å². The molecule has 8 heteroatoms. The molecule has 1 aliphatic heterocycles. The Morgan fingerprint density at radius 3 is 2.77 bits per heavy atom. The van der Waals surface area contributed by atoms with Crippen molar-refractivity contribution >= 4 is 39.0 Å². The number of anilines is 1. The fraction of sp³-hybridized carbons (Fsp3) is 0.333. The first-order chi connectivity index (χ1) is 12.3. The van der Waals surface area contributed by atoms with Crippen LogP contribution in [-0.4, -0.2) is 44.3 Å². The van der Waals surface area contributed by atoms with Gasteiger partial charge >= 0.3 is 0 Å². The van der Waals surface area contributed by atoms with E-state index < -0.39 is 10.0 Å². The number of aryl methyl sites for hydroxylation is 2. The minimum atomic E-state index is -3.48. The summed E-state index contributed by atoms with van der Waals surface area (Å²) in [6.07, 6.45) is 4.79. The third-order valence-electron chi connectivity index (χ3n) is 4.25. The zero-order valence-corrected chi connectivity index (χ0v) is 16.6. The van der Waals surface area contributed by atoms with Gasteiger partial charge in [-0.3, -0.25) is 4.79 Å². The number of hydrogen-bond acceptors (Lipinski definition) is 5. The smallest absolute Gasteiger partial charge is 0.251 e. The van der Waals surface area contributed by atoms with Crippen LogP contribution in [0.2, 0.25) is 0 Å². The molecule has 1 aliphatic rings. The molecule has 0 unspecified atom stereocenters. The summed E-state index contributed by atoms with van der Waals surface area (Å²) < 4.78 is 25.8. The normalized spacial score (nSPS) is 14.8. The van der Waals surface area contributed by atoms with Crippen molar-refractivity contribution in [3.8, 4) is 0 Å². The molecule has 0 atom stereocenters. The summed E-state index contributed by atoms with van der Waals surface area (Å²) in [6.45, 7) is 2.54. The van der Waals surface area contributed by atoms with Gasteiger partial charge in [0.25, 0.3) is 5.91 Å². The van der Waals surface area contributed by atoms with Crippen LogP contribution in [0.25, 0.3) is 6.08 Å². The fourth-order valence-corrected chi connectivity index (χ4v) is 4.41. The number of aromatic nitrogens is 1. The molecular formula is C18H21N3O3S2. The molecule has 0 fully saturated rings. The monoisotopic (exact) mass is 391 g/mol. The SMILES string of the molecule is Cc1nc(C=CC(=O)N2CCCc3cc(S(=O)(=O)N(C)C)ccc32)cs1. The van der Waals surface area contributed by atoms with Gasteiger partial charge in [0, 0.05) is 37.8 Å². The average Bonchev–Trinajstić information content (AvgIpc) is 3.03. The van der Waals surface area contributed by atoms with Crippen LogP contribution in [0.4, 0.5) is 5.69 Å². The minimum Gasteiger partial charge on any atom is -0.309 e. The van der Waals surface area contributed by atoms with Crippen LogP contribution in [0.1, 0.15) is 22.7 Å². The maximum atomic E-state index is 12.6. The molecule has 3 rings (SSSR count). The predicted octanol–water partition coefficient (Wildman–Crippen LogP) is 2.69. The zero-order chi connectivity index (χ0) is 18.9. The largest absolute Gasteiger partial charge is 0.309 e. The van der Waals surface area contributed by atoms with Gasteiger partial charge in [-0.25, -0.2) is 17.7 Å². The van der Waals surface area contributed by atoms with E-state index in [0.717, 1.165) is 34.8 Å². The van der Waals surface area contributed by atoms with Crippen molar-refractivity contribution in [1.82, 2.24) is 9.29 Å². The number of nitrogens with zero attached hydrogens (tertiary/aromatic N) is 3. The van der Waals surface area contributed by atoms with Gasteiger partial charge in [-0.1, -0.05) is 0 Å². The number of sulfonamides is 1. The molecule has 0 radical (unpaired) electrons. The second kappa shape index (κ2) is 7.30. The highest BCUT2D eigenvalue weighted by Gasteiger charge is 2.24. The van der Waals surface area contributed by atoms with Crippen LogP contribution in [0, 0.1) is 6.92 Å². The summed E-state index contributed by atoms with van der Waals surface area (Å²) in [7, 11) is -0.464. The number of carbonyl (C=O) groups is 1. The van der Waals surface area contributed by atoms with Crippen LogP contribution < -0.4 is 4.90 Å². The van der Waals surface area contributed by atoms with Crippen molar-refractivity contribution in [3.63, 3.8) is 0 Å². The molecule has 1 aromatic carbocycles. The molecular weight excluding hydrogens is 370 g/mol. The summed E-state index contributed by atoms with van der Waals surface area (Å²) in [5.74, 6) is -0.125. The standard InChI is InChI=1S/C18H21N3O3S2/c1-13-19-15(12-25-13)6-9-18(22)21-10-4-5-14-11-16(7-8-17(14)21)26(23,24)20(2)3/h6-9,11-12H,4-5,10H2,1-3H3. The predicted molar refractivity (Wildman–Crippen MR) is 104 cm³/mol. The summed E-state index contributed by atoms with van der Waals surface area (Å²) in [4.78, 5) is 18.9. The molecule has 6 nitrogen and oxygen atoms in total. The Balaban J connectivity index is 1.87. The van der Waals surface area contributed by atoms with Gasteiger partial charge in [0.2, 0.25) is 10.0 Å². The Morgan fingerprint density at radius 1 is 1.35 bits per heavy atom. The van der Waals surface area contributed by atoms with Crippen molar-refractivity contribution < 1.29 is 13.2 Å². The number of hydrogen-bond donors (Lipinski definition) is 0. The highest BCUT2D eigenvalue weighted by molar-refractivity contribution is 7.89. The Kier molecular flexibility index (Phi) is 5.27. The molecule has 0 aliphatic carbocycles. The lowest BCUT2D eigenvalue weighted by Gasteiger charge is -2.29. The van der Waals surface area contributed by atoms with E-state index in [2.05, 4.69) is 4.98 Å². The quantitative estimate of drug-likeness (QED) is 0.752. The third-order valence-corrected chi connectivity index (χ3v) is 6.85. The average molecular weight is 392 g/mol. The first-order valence-corrected chi connectivity index (χ1v) is 10.6. The molecule has 0 bridgehead atoms. The lowest BCUT2D eigenvalue weighted by Crippen LogP contribution is -2.34. The van der Waals surface area contributed by atoms with Crippen LogP contribution in [0.15, 0.2) is 34.6 Å². The summed E-state index contributed by atoms with van der Waals surface area (Å²) in [5, 5.41) is 2.86. The molecule has 2 aromatic rings. The van der Waals surface area contributed by atoms with Crippen LogP contribution in [0.3, 0.4) is 0 Å². The molecule has 26 heavy (non-hydrogen) atoms. The minimum absolute atomic E-state index is 0.125. The highest BCUT2D eigenvalue weighted by Crippen LogP contribution is 2.30. The molecule has 1 aromatic heterocycles. The first kappa shape index (κ1) is 18.8. The summed E-state index contributed by atoms with van der Waals surface area (Å²) in [6, 6.07) is 4.97. The van der Waals surface area contributed by atoms with Crippen molar-refractivity contribution in [2.45, 2.75) is 24.7 Å². The van der Waals surface area contributed by atoms with Gasteiger partial charge in [0.05, 0.1) is 15.6 Å². The van der Waals surface area contributed by atoms with E-state index in [9.17, 15) is 13.2 Å². The Morgan fingerprint density at radius 2 is 2.12 bits per heavy atom. The van der Waals surface area contributed by atoms with Crippen molar-refractivity contribution in [3.05, 3.63) is 45.9 Å². The first-order valence-electron chi connectivity index (χ1n) is 8.26. The summed E-state index contributed by atoms with van der Waals surface area (Å²) in [5.41, 5.74) is 2.42. The van der Waals surface area contributed by atoms with Gasteiger partial charge in [-0.15, -0.1) is 11.3 Å². The van der Waals surface area contributed by atoms with Gasteiger partial charge in [-0.2, -0.15) is 0 Å². The Hall–Kier alpha value is -2.03. The number of carbonyl (C=O) groups excluding carboxylic acids is 1. The zero-order valence-electron chi connectivity index (χ0n) is 15.0. The molecule has 0 saturated heterocycles. The van der Waals surface area contributed by atoms with Crippen LogP contribution >= 0.6 is 11.3 Å².